The van der Waals surface area contributed by atoms with Crippen LogP contribution in [0.1, 0.15) is 55.6 Å². The largest absolute Gasteiger partial charge is 0.459 e. The van der Waals surface area contributed by atoms with Crippen molar-refractivity contribution in [1.29, 1.82) is 0 Å². The predicted octanol–water partition coefficient (Wildman–Crippen LogP) is 5.56. The quantitative estimate of drug-likeness (QED) is 0.550. The molecule has 1 N–H and O–H groups in total. The summed E-state index contributed by atoms with van der Waals surface area (Å²) in [5, 5.41) is 3.81. The Morgan fingerprint density at radius 1 is 1.17 bits per heavy atom. The summed E-state index contributed by atoms with van der Waals surface area (Å²) in [5.74, 6) is -1.55. The lowest BCUT2D eigenvalue weighted by molar-refractivity contribution is -0.142. The molecule has 2 heterocycles. The first-order valence-corrected chi connectivity index (χ1v) is 12.3. The first kappa shape index (κ1) is 23.8. The second-order valence-corrected chi connectivity index (χ2v) is 9.73. The summed E-state index contributed by atoms with van der Waals surface area (Å²) in [6, 6.07) is 13.6. The van der Waals surface area contributed by atoms with E-state index >= 15 is 0 Å². The molecule has 5 nitrogen and oxygen atoms in total. The topological polar surface area (TPSA) is 64.6 Å². The van der Waals surface area contributed by atoms with Crippen LogP contribution in [0.4, 0.5) is 4.39 Å². The van der Waals surface area contributed by atoms with Gasteiger partial charge in [0, 0.05) is 40.9 Å². The van der Waals surface area contributed by atoms with E-state index < -0.39 is 11.9 Å². The monoisotopic (exact) mass is 495 g/mol. The van der Waals surface area contributed by atoms with Gasteiger partial charge in [-0.3, -0.25) is 4.79 Å². The van der Waals surface area contributed by atoms with Crippen molar-refractivity contribution in [1.82, 2.24) is 5.32 Å². The second kappa shape index (κ2) is 9.96. The average Bonchev–Trinajstić information content (AvgIpc) is 3.36. The smallest absolute Gasteiger partial charge is 0.336 e. The third kappa shape index (κ3) is 4.78. The Hall–Kier alpha value is -2.96. The molecular formula is C28H27ClFNO4. The van der Waals surface area contributed by atoms with Gasteiger partial charge in [-0.05, 0) is 61.4 Å². The van der Waals surface area contributed by atoms with E-state index in [-0.39, 0.29) is 36.7 Å². The molecular weight excluding hydrogens is 469 g/mol. The van der Waals surface area contributed by atoms with Crippen LogP contribution in [0.25, 0.3) is 0 Å². The fourth-order valence-corrected chi connectivity index (χ4v) is 5.57. The molecule has 2 aromatic carbocycles. The summed E-state index contributed by atoms with van der Waals surface area (Å²) >= 11 is 6.59. The van der Waals surface area contributed by atoms with Crippen molar-refractivity contribution in [2.24, 2.45) is 0 Å². The van der Waals surface area contributed by atoms with E-state index in [0.717, 1.165) is 24.1 Å². The van der Waals surface area contributed by atoms with Gasteiger partial charge in [0.05, 0.1) is 11.7 Å². The maximum atomic E-state index is 13.6. The molecule has 1 fully saturated rings. The van der Waals surface area contributed by atoms with E-state index in [0.29, 0.717) is 40.5 Å². The molecule has 2 aliphatic heterocycles. The number of Topliss-reactive ketones (excluding diaryl/α,β-unsaturated/α-hetero) is 1. The molecule has 0 saturated carbocycles. The average molecular weight is 496 g/mol. The van der Waals surface area contributed by atoms with Gasteiger partial charge in [-0.1, -0.05) is 41.9 Å². The number of carbonyl (C=O) groups excluding carboxylic acids is 2. The number of nitrogens with one attached hydrogen (secondary N) is 1. The molecule has 0 aromatic heterocycles. The zero-order valence-corrected chi connectivity index (χ0v) is 20.2. The highest BCUT2D eigenvalue weighted by Gasteiger charge is 2.42. The molecule has 0 spiro atoms. The molecule has 1 saturated heterocycles. The zero-order chi connectivity index (χ0) is 24.5. The maximum Gasteiger partial charge on any atom is 0.336 e. The lowest BCUT2D eigenvalue weighted by Gasteiger charge is -2.37. The third-order valence-corrected chi connectivity index (χ3v) is 7.37. The van der Waals surface area contributed by atoms with Crippen molar-refractivity contribution in [3.8, 4) is 0 Å². The number of ketones is 1. The number of hydrogen-bond donors (Lipinski definition) is 1. The molecule has 0 bridgehead atoms. The van der Waals surface area contributed by atoms with Gasteiger partial charge in [-0.15, -0.1) is 0 Å². The fourth-order valence-electron chi connectivity index (χ4n) is 5.32. The van der Waals surface area contributed by atoms with Crippen LogP contribution in [0, 0.1) is 5.82 Å². The number of allylic oxidation sites excluding steroid dienone is 3. The predicted molar refractivity (Wildman–Crippen MR) is 130 cm³/mol. The van der Waals surface area contributed by atoms with Crippen molar-refractivity contribution in [2.75, 3.05) is 13.2 Å². The minimum absolute atomic E-state index is 0.0603. The van der Waals surface area contributed by atoms with Crippen molar-refractivity contribution >= 4 is 23.4 Å². The van der Waals surface area contributed by atoms with Crippen LogP contribution in [-0.2, 0) is 19.1 Å². The molecule has 7 heteroatoms. The van der Waals surface area contributed by atoms with Crippen LogP contribution in [0.3, 0.4) is 0 Å². The number of hydrogen-bond acceptors (Lipinski definition) is 5. The highest BCUT2D eigenvalue weighted by Crippen LogP contribution is 2.47. The normalized spacial score (nSPS) is 24.3. The summed E-state index contributed by atoms with van der Waals surface area (Å²) in [6.07, 6.45) is 2.55. The number of rotatable bonds is 5. The molecule has 0 amide bonds. The first-order valence-electron chi connectivity index (χ1n) is 11.9. The standard InChI is InChI=1S/C28H27ClFNO4/c1-16-25(28(33)35-15-20-5-4-12-34-20)26(21-6-2-3-7-22(21)29)27-23(31-16)13-18(14-24(27)32)17-8-10-19(30)11-9-17/h2-3,6-11,18,20,26,31H,4-5,12-15H2,1H3/t18-,20-,26-/m1/s1. The van der Waals surface area contributed by atoms with Crippen molar-refractivity contribution in [3.63, 3.8) is 0 Å². The fraction of sp³-hybridized carbons (Fsp3) is 0.357. The number of carbonyl (C=O) groups is 2. The Kier molecular flexibility index (Phi) is 6.76. The highest BCUT2D eigenvalue weighted by atomic mass is 35.5. The Morgan fingerprint density at radius 2 is 1.94 bits per heavy atom. The number of benzene rings is 2. The summed E-state index contributed by atoms with van der Waals surface area (Å²) in [5.41, 5.74) is 3.95. The van der Waals surface area contributed by atoms with E-state index in [2.05, 4.69) is 5.32 Å². The van der Waals surface area contributed by atoms with Gasteiger partial charge in [0.15, 0.2) is 5.78 Å². The van der Waals surface area contributed by atoms with Crippen LogP contribution in [0.15, 0.2) is 71.1 Å². The van der Waals surface area contributed by atoms with Crippen molar-refractivity contribution in [3.05, 3.63) is 93.0 Å². The Bertz CT molecular complexity index is 1210. The number of halogens is 2. The molecule has 3 atom stereocenters. The van der Waals surface area contributed by atoms with Crippen LogP contribution in [0.2, 0.25) is 5.02 Å². The van der Waals surface area contributed by atoms with E-state index in [1.54, 1.807) is 18.2 Å². The van der Waals surface area contributed by atoms with Gasteiger partial charge in [0.2, 0.25) is 0 Å². The van der Waals surface area contributed by atoms with Crippen molar-refractivity contribution < 1.29 is 23.5 Å². The van der Waals surface area contributed by atoms with Gasteiger partial charge in [-0.25, -0.2) is 9.18 Å². The number of ether oxygens (including phenoxy) is 2. The molecule has 2 aromatic rings. The van der Waals surface area contributed by atoms with Gasteiger partial charge in [-0.2, -0.15) is 0 Å². The summed E-state index contributed by atoms with van der Waals surface area (Å²) < 4.78 is 24.7. The Balaban J connectivity index is 1.51. The number of dihydropyridines is 1. The molecule has 5 rings (SSSR count). The second-order valence-electron chi connectivity index (χ2n) is 9.32. The van der Waals surface area contributed by atoms with Gasteiger partial charge in [0.1, 0.15) is 12.4 Å². The lowest BCUT2D eigenvalue weighted by Crippen LogP contribution is -2.36. The van der Waals surface area contributed by atoms with E-state index in [4.69, 9.17) is 21.1 Å². The molecule has 0 unspecified atom stereocenters. The van der Waals surface area contributed by atoms with Crippen LogP contribution >= 0.6 is 11.6 Å². The third-order valence-electron chi connectivity index (χ3n) is 7.03. The summed E-state index contributed by atoms with van der Waals surface area (Å²) in [6.45, 7) is 2.67. The van der Waals surface area contributed by atoms with Crippen LogP contribution < -0.4 is 5.32 Å². The highest BCUT2D eigenvalue weighted by molar-refractivity contribution is 6.31. The first-order chi connectivity index (χ1) is 16.9. The minimum Gasteiger partial charge on any atom is -0.459 e. The zero-order valence-electron chi connectivity index (χ0n) is 19.5. The Morgan fingerprint density at radius 3 is 2.66 bits per heavy atom. The Labute approximate surface area is 208 Å². The SMILES string of the molecule is CC1=C(C(=O)OC[C@H]2CCCO2)[C@@H](c2ccccc2Cl)C2=C(C[C@@H](c3ccc(F)cc3)CC2=O)N1. The molecule has 1 aliphatic carbocycles. The summed E-state index contributed by atoms with van der Waals surface area (Å²) in [4.78, 5) is 27.0. The lowest BCUT2D eigenvalue weighted by atomic mass is 9.71. The molecule has 182 valence electrons. The van der Waals surface area contributed by atoms with E-state index in [1.165, 1.54) is 12.1 Å². The summed E-state index contributed by atoms with van der Waals surface area (Å²) in [7, 11) is 0. The van der Waals surface area contributed by atoms with E-state index in [1.807, 2.05) is 25.1 Å². The van der Waals surface area contributed by atoms with Crippen molar-refractivity contribution in [2.45, 2.75) is 50.5 Å². The van der Waals surface area contributed by atoms with Gasteiger partial charge >= 0.3 is 5.97 Å². The van der Waals surface area contributed by atoms with Crippen LogP contribution in [-0.4, -0.2) is 31.1 Å². The van der Waals surface area contributed by atoms with Gasteiger partial charge < -0.3 is 14.8 Å². The van der Waals surface area contributed by atoms with Gasteiger partial charge in [0.25, 0.3) is 0 Å². The van der Waals surface area contributed by atoms with Crippen LogP contribution in [0.5, 0.6) is 0 Å². The molecule has 0 radical (unpaired) electrons. The minimum atomic E-state index is -0.626. The molecule has 3 aliphatic rings. The molecule has 35 heavy (non-hydrogen) atoms. The maximum absolute atomic E-state index is 13.6. The van der Waals surface area contributed by atoms with E-state index in [9.17, 15) is 14.0 Å². The number of esters is 1.